The molecule has 2 rings (SSSR count). The van der Waals surface area contributed by atoms with Gasteiger partial charge in [-0.25, -0.2) is 0 Å². The molecule has 1 aliphatic rings. The molecule has 0 amide bonds. The summed E-state index contributed by atoms with van der Waals surface area (Å²) in [4.78, 5) is 0. The Balaban J connectivity index is 1.58. The summed E-state index contributed by atoms with van der Waals surface area (Å²) in [6, 6.07) is 3.46. The van der Waals surface area contributed by atoms with Gasteiger partial charge in [0.25, 0.3) is 0 Å². The number of benzene rings is 1. The molecule has 0 saturated heterocycles. The van der Waals surface area contributed by atoms with Crippen LogP contribution in [0.3, 0.4) is 0 Å². The molecule has 0 saturated carbocycles. The van der Waals surface area contributed by atoms with Gasteiger partial charge in [-0.15, -0.1) is 0 Å². The maximum Gasteiger partial charge on any atom is 0.179 e. The minimum absolute atomic E-state index is 0.112. The Kier molecular flexibility index (Phi) is 9.68. The van der Waals surface area contributed by atoms with Crippen molar-refractivity contribution in [3.05, 3.63) is 23.3 Å². The molecule has 0 aliphatic carbocycles. The quantitative estimate of drug-likeness (QED) is 0.355. The maximum atomic E-state index is 11.6. The lowest BCUT2D eigenvalue weighted by Crippen LogP contribution is -2.23. The fraction of sp³-hybridized carbons (Fsp3) is 0.769. The van der Waals surface area contributed by atoms with E-state index in [-0.39, 0.29) is 5.75 Å². The van der Waals surface area contributed by atoms with Gasteiger partial charge in [0.15, 0.2) is 5.75 Å². The van der Waals surface area contributed by atoms with Crippen LogP contribution in [0.4, 0.5) is 0 Å². The number of hydrogen-bond acceptors (Lipinski definition) is 1. The van der Waals surface area contributed by atoms with Crippen LogP contribution < -0.4 is 4.74 Å². The first-order valence-corrected chi connectivity index (χ1v) is 11.8. The predicted octanol–water partition coefficient (Wildman–Crippen LogP) is 8.27. The van der Waals surface area contributed by atoms with Crippen molar-refractivity contribution in [2.45, 2.75) is 111 Å². The van der Waals surface area contributed by atoms with E-state index in [1.807, 2.05) is 6.92 Å². The normalized spacial score (nSPS) is 18.6. The van der Waals surface area contributed by atoms with E-state index in [4.69, 9.17) is 4.74 Å². The SMILES string of the molecule is Cc1cc([O])cc2c1O[C@H](CCC[C@H](C)CCC[C@H](C)CCCC(C)C)CC2. The van der Waals surface area contributed by atoms with E-state index < -0.39 is 0 Å². The van der Waals surface area contributed by atoms with Gasteiger partial charge in [-0.1, -0.05) is 72.6 Å². The number of hydrogen-bond donors (Lipinski definition) is 0. The minimum Gasteiger partial charge on any atom is -0.490 e. The van der Waals surface area contributed by atoms with Crippen molar-refractivity contribution in [1.29, 1.82) is 0 Å². The van der Waals surface area contributed by atoms with Crippen molar-refractivity contribution < 1.29 is 9.84 Å². The molecule has 0 aromatic heterocycles. The van der Waals surface area contributed by atoms with Crippen molar-refractivity contribution >= 4 is 0 Å². The fourth-order valence-corrected chi connectivity index (χ4v) is 4.58. The Labute approximate surface area is 174 Å². The molecule has 3 atom stereocenters. The summed E-state index contributed by atoms with van der Waals surface area (Å²) in [6.45, 7) is 11.5. The highest BCUT2D eigenvalue weighted by Gasteiger charge is 2.22. The second-order valence-electron chi connectivity index (χ2n) is 9.90. The summed E-state index contributed by atoms with van der Waals surface area (Å²) >= 11 is 0. The molecule has 2 heteroatoms. The number of aryl methyl sites for hydroxylation is 2. The summed E-state index contributed by atoms with van der Waals surface area (Å²) in [5.74, 6) is 3.65. The molecule has 2 nitrogen and oxygen atoms in total. The molecular formula is C26H43O2. The van der Waals surface area contributed by atoms with Crippen LogP contribution in [0.25, 0.3) is 0 Å². The first-order valence-electron chi connectivity index (χ1n) is 11.8. The highest BCUT2D eigenvalue weighted by Crippen LogP contribution is 2.35. The highest BCUT2D eigenvalue weighted by molar-refractivity contribution is 5.47. The van der Waals surface area contributed by atoms with Crippen molar-refractivity contribution in [1.82, 2.24) is 0 Å². The summed E-state index contributed by atoms with van der Waals surface area (Å²) in [6.07, 6.45) is 14.4. The molecule has 1 aliphatic heterocycles. The number of ether oxygens (including phenoxy) is 1. The second-order valence-corrected chi connectivity index (χ2v) is 9.90. The summed E-state index contributed by atoms with van der Waals surface area (Å²) in [5.41, 5.74) is 2.11. The molecule has 1 heterocycles. The van der Waals surface area contributed by atoms with Gasteiger partial charge in [-0.05, 0) is 73.6 Å². The molecule has 1 aromatic carbocycles. The smallest absolute Gasteiger partial charge is 0.179 e. The third kappa shape index (κ3) is 8.05. The average molecular weight is 388 g/mol. The van der Waals surface area contributed by atoms with Gasteiger partial charge in [0, 0.05) is 0 Å². The van der Waals surface area contributed by atoms with Gasteiger partial charge in [-0.3, -0.25) is 5.11 Å². The molecule has 0 spiro atoms. The van der Waals surface area contributed by atoms with Gasteiger partial charge in [0.2, 0.25) is 0 Å². The molecule has 0 N–H and O–H groups in total. The van der Waals surface area contributed by atoms with Crippen molar-refractivity contribution in [2.24, 2.45) is 17.8 Å². The number of rotatable bonds is 12. The van der Waals surface area contributed by atoms with E-state index in [2.05, 4.69) is 27.7 Å². The number of fused-ring (bicyclic) bond motifs is 1. The summed E-state index contributed by atoms with van der Waals surface area (Å²) in [5, 5.41) is 11.6. The standard InChI is InChI=1S/C26H43O2/c1-19(2)9-6-10-20(3)11-7-12-21(4)13-8-14-25-16-15-23-18-24(27)17-22(5)26(23)28-25/h17-21,25H,6-16H2,1-5H3/t20-,21-,25-/m1/s1. The Bertz CT molecular complexity index is 578. The van der Waals surface area contributed by atoms with Gasteiger partial charge in [-0.2, -0.15) is 0 Å². The lowest BCUT2D eigenvalue weighted by atomic mass is 9.91. The lowest BCUT2D eigenvalue weighted by molar-refractivity contribution is 0.156. The first kappa shape index (κ1) is 23.1. The first-order chi connectivity index (χ1) is 13.3. The highest BCUT2D eigenvalue weighted by atomic mass is 16.5. The van der Waals surface area contributed by atoms with E-state index in [0.29, 0.717) is 6.10 Å². The topological polar surface area (TPSA) is 29.1 Å². The van der Waals surface area contributed by atoms with E-state index in [0.717, 1.165) is 53.9 Å². The maximum absolute atomic E-state index is 11.6. The largest absolute Gasteiger partial charge is 0.490 e. The Morgan fingerprint density at radius 2 is 1.54 bits per heavy atom. The molecule has 0 bridgehead atoms. The van der Waals surface area contributed by atoms with Crippen LogP contribution in [0.1, 0.15) is 103 Å². The second kappa shape index (κ2) is 11.7. The third-order valence-corrected chi connectivity index (χ3v) is 6.44. The van der Waals surface area contributed by atoms with Crippen LogP contribution in [0.15, 0.2) is 12.1 Å². The van der Waals surface area contributed by atoms with Crippen molar-refractivity contribution in [3.8, 4) is 11.5 Å². The lowest BCUT2D eigenvalue weighted by Gasteiger charge is -2.27. The van der Waals surface area contributed by atoms with Crippen LogP contribution in [-0.4, -0.2) is 6.10 Å². The zero-order valence-electron chi connectivity index (χ0n) is 19.1. The third-order valence-electron chi connectivity index (χ3n) is 6.44. The van der Waals surface area contributed by atoms with Crippen molar-refractivity contribution in [3.63, 3.8) is 0 Å². The average Bonchev–Trinajstić information content (AvgIpc) is 2.61. The van der Waals surface area contributed by atoms with Gasteiger partial charge >= 0.3 is 0 Å². The zero-order chi connectivity index (χ0) is 20.5. The van der Waals surface area contributed by atoms with Gasteiger partial charge in [0.05, 0.1) is 6.10 Å². The van der Waals surface area contributed by atoms with Crippen LogP contribution >= 0.6 is 0 Å². The van der Waals surface area contributed by atoms with Crippen LogP contribution in [0.2, 0.25) is 0 Å². The summed E-state index contributed by atoms with van der Waals surface area (Å²) < 4.78 is 6.23. The molecule has 1 aromatic rings. The van der Waals surface area contributed by atoms with Gasteiger partial charge < -0.3 is 4.74 Å². The summed E-state index contributed by atoms with van der Waals surface area (Å²) in [7, 11) is 0. The van der Waals surface area contributed by atoms with E-state index in [1.54, 1.807) is 12.1 Å². The van der Waals surface area contributed by atoms with E-state index in [9.17, 15) is 5.11 Å². The Morgan fingerprint density at radius 1 is 0.929 bits per heavy atom. The van der Waals surface area contributed by atoms with Crippen LogP contribution in [0, 0.1) is 24.7 Å². The minimum atomic E-state index is 0.112. The molecular weight excluding hydrogens is 344 g/mol. The molecule has 1 radical (unpaired) electrons. The van der Waals surface area contributed by atoms with Crippen LogP contribution in [-0.2, 0) is 11.5 Å². The monoisotopic (exact) mass is 387 g/mol. The molecule has 0 unspecified atom stereocenters. The molecule has 159 valence electrons. The predicted molar refractivity (Wildman–Crippen MR) is 119 cm³/mol. The zero-order valence-corrected chi connectivity index (χ0v) is 19.1. The molecule has 0 fully saturated rings. The van der Waals surface area contributed by atoms with Crippen LogP contribution in [0.5, 0.6) is 11.5 Å². The van der Waals surface area contributed by atoms with E-state index >= 15 is 0 Å². The molecule has 28 heavy (non-hydrogen) atoms. The Morgan fingerprint density at radius 3 is 2.18 bits per heavy atom. The van der Waals surface area contributed by atoms with Gasteiger partial charge in [0.1, 0.15) is 5.75 Å². The van der Waals surface area contributed by atoms with E-state index in [1.165, 1.54) is 51.4 Å². The fourth-order valence-electron chi connectivity index (χ4n) is 4.58. The Hall–Kier alpha value is -1.18. The van der Waals surface area contributed by atoms with Crippen molar-refractivity contribution in [2.75, 3.05) is 0 Å².